The molecule has 5 amide bonds. The van der Waals surface area contributed by atoms with Crippen LogP contribution in [-0.4, -0.2) is 89.7 Å². The number of rotatable bonds is 7. The number of methoxy groups -OCH3 is 1. The molecular weight excluding hydrogens is 713 g/mol. The average molecular weight is 775 g/mol. The lowest BCUT2D eigenvalue weighted by Crippen LogP contribution is -2.60. The van der Waals surface area contributed by atoms with Crippen molar-refractivity contribution >= 4 is 44.5 Å². The Balaban J connectivity index is 0.00000290. The largest absolute Gasteiger partial charge is 0.497 e. The summed E-state index contributed by atoms with van der Waals surface area (Å²) < 4.78 is 39.4. The molecule has 4 aliphatic rings. The fourth-order valence-corrected chi connectivity index (χ4v) is 8.93. The molecule has 2 aliphatic heterocycles. The van der Waals surface area contributed by atoms with Crippen molar-refractivity contribution < 1.29 is 42.8 Å². The number of hydrogen-bond acceptors (Lipinski definition) is 9. The van der Waals surface area contributed by atoms with Crippen molar-refractivity contribution in [2.75, 3.05) is 13.7 Å². The van der Waals surface area contributed by atoms with Crippen LogP contribution in [0, 0.1) is 17.8 Å². The number of allylic oxidation sites excluding steroid dienone is 1. The van der Waals surface area contributed by atoms with E-state index in [1.807, 2.05) is 58.0 Å². The van der Waals surface area contributed by atoms with E-state index in [9.17, 15) is 27.6 Å². The van der Waals surface area contributed by atoms with E-state index in [4.69, 9.17) is 9.47 Å². The highest BCUT2D eigenvalue weighted by Crippen LogP contribution is 2.47. The van der Waals surface area contributed by atoms with Gasteiger partial charge in [-0.2, -0.15) is 0 Å². The monoisotopic (exact) mass is 774 g/mol. The molecule has 302 valence electrons. The molecule has 1 aromatic heterocycles. The summed E-state index contributed by atoms with van der Waals surface area (Å²) in [5.74, 6) is -1.43. The highest BCUT2D eigenvalue weighted by molar-refractivity contribution is 7.91. The molecule has 2 saturated carbocycles. The Bertz CT molecular complexity index is 1960. The van der Waals surface area contributed by atoms with E-state index >= 15 is 0 Å². The minimum atomic E-state index is -3.99. The molecule has 2 aliphatic carbocycles. The molecule has 0 bridgehead atoms. The molecule has 0 spiro atoms. The molecule has 54 heavy (non-hydrogen) atoms. The Labute approximate surface area is 323 Å². The van der Waals surface area contributed by atoms with Crippen LogP contribution in [0.5, 0.6) is 11.6 Å². The summed E-state index contributed by atoms with van der Waals surface area (Å²) in [6, 6.07) is 4.72. The molecule has 15 heteroatoms. The van der Waals surface area contributed by atoms with Crippen LogP contribution < -0.4 is 30.1 Å². The number of nitrogens with zero attached hydrogens (tertiary/aromatic N) is 2. The second-order valence-corrected chi connectivity index (χ2v) is 19.2. The van der Waals surface area contributed by atoms with Crippen LogP contribution in [-0.2, 0) is 24.4 Å². The summed E-state index contributed by atoms with van der Waals surface area (Å²) in [4.78, 5) is 62.3. The van der Waals surface area contributed by atoms with E-state index in [1.165, 1.54) is 4.90 Å². The second kappa shape index (κ2) is 14.7. The highest BCUT2D eigenvalue weighted by atomic mass is 32.2. The second-order valence-electron chi connectivity index (χ2n) is 17.0. The molecule has 1 aromatic carbocycles. The van der Waals surface area contributed by atoms with E-state index in [0.29, 0.717) is 42.7 Å². The van der Waals surface area contributed by atoms with Gasteiger partial charge in [0, 0.05) is 35.2 Å². The van der Waals surface area contributed by atoms with Gasteiger partial charge in [-0.15, -0.1) is 0 Å². The smallest absolute Gasteiger partial charge is 0.315 e. The predicted octanol–water partition coefficient (Wildman–Crippen LogP) is 4.93. The SMILES string of the molecule is COc1ccc2c(O[C@@H]3C[C@H]4C(=O)N[C@]5(C(=O)NS(=O)(=O)C6(C)CC6)C[C@H]5/C=C\CC[C@@H](C)C[C@@H](C)[C@H](NC(=O)NC(C)(C)C)C(=O)N4C3)nccc2c1.[HH].[HH].[HH].[HH]. The first-order valence-electron chi connectivity index (χ1n) is 18.9. The zero-order valence-electron chi connectivity index (χ0n) is 32.2. The minimum absolute atomic E-state index is 0. The van der Waals surface area contributed by atoms with Gasteiger partial charge < -0.3 is 30.3 Å². The van der Waals surface area contributed by atoms with Gasteiger partial charge in [0.15, 0.2) is 0 Å². The molecule has 6 rings (SSSR count). The zero-order chi connectivity index (χ0) is 39.2. The van der Waals surface area contributed by atoms with Crippen LogP contribution in [0.25, 0.3) is 10.8 Å². The molecule has 0 unspecified atom stereocenters. The van der Waals surface area contributed by atoms with E-state index < -0.39 is 73.7 Å². The quantitative estimate of drug-likeness (QED) is 0.283. The van der Waals surface area contributed by atoms with Gasteiger partial charge in [0.25, 0.3) is 5.91 Å². The maximum Gasteiger partial charge on any atom is 0.315 e. The fourth-order valence-electron chi connectivity index (χ4n) is 7.62. The number of urea groups is 1. The summed E-state index contributed by atoms with van der Waals surface area (Å²) in [7, 11) is -2.41. The molecule has 4 N–H and O–H groups in total. The van der Waals surface area contributed by atoms with Gasteiger partial charge in [-0.3, -0.25) is 19.1 Å². The van der Waals surface area contributed by atoms with Gasteiger partial charge in [0.2, 0.25) is 27.7 Å². The molecular formula is C39H62N6O8S. The Hall–Kier alpha value is -4.40. The van der Waals surface area contributed by atoms with E-state index in [0.717, 1.165) is 11.8 Å². The lowest BCUT2D eigenvalue weighted by Gasteiger charge is -2.33. The van der Waals surface area contributed by atoms with Crippen molar-refractivity contribution in [1.29, 1.82) is 0 Å². The third-order valence-corrected chi connectivity index (χ3v) is 13.4. The topological polar surface area (TPSA) is 185 Å². The third-order valence-electron chi connectivity index (χ3n) is 11.2. The third kappa shape index (κ3) is 8.30. The normalized spacial score (nSPS) is 30.4. The summed E-state index contributed by atoms with van der Waals surface area (Å²) in [6.45, 7) is 11.1. The molecule has 0 radical (unpaired) electrons. The number of fused-ring (bicyclic) bond motifs is 3. The summed E-state index contributed by atoms with van der Waals surface area (Å²) in [6.07, 6.45) is 8.03. The number of carbonyl (C=O) groups is 4. The summed E-state index contributed by atoms with van der Waals surface area (Å²) >= 11 is 0. The molecule has 3 fully saturated rings. The molecule has 7 atom stereocenters. The van der Waals surface area contributed by atoms with Crippen LogP contribution >= 0.6 is 0 Å². The van der Waals surface area contributed by atoms with Crippen LogP contribution in [0.15, 0.2) is 42.6 Å². The van der Waals surface area contributed by atoms with Gasteiger partial charge in [-0.1, -0.05) is 26.0 Å². The van der Waals surface area contributed by atoms with Crippen LogP contribution in [0.2, 0.25) is 0 Å². The number of aromatic nitrogens is 1. The number of benzene rings is 1. The minimum Gasteiger partial charge on any atom is -0.497 e. The molecule has 2 aromatic rings. The van der Waals surface area contributed by atoms with Crippen molar-refractivity contribution in [2.24, 2.45) is 17.8 Å². The maximum absolute atomic E-state index is 14.8. The molecule has 3 heterocycles. The van der Waals surface area contributed by atoms with Crippen molar-refractivity contribution in [3.05, 3.63) is 42.6 Å². The summed E-state index contributed by atoms with van der Waals surface area (Å²) in [5.41, 5.74) is -2.08. The van der Waals surface area contributed by atoms with E-state index in [-0.39, 0.29) is 36.9 Å². The lowest BCUT2D eigenvalue weighted by atomic mass is 9.88. The number of hydrogen-bond donors (Lipinski definition) is 4. The molecule has 1 saturated heterocycles. The fraction of sp³-hybridized carbons (Fsp3) is 0.615. The van der Waals surface area contributed by atoms with Crippen LogP contribution in [0.3, 0.4) is 0 Å². The standard InChI is InChI=1S/C39H54N6O8S.4H2/c1-23-10-8-9-11-26-21-39(26,35(48)44-54(50,51)38(6)15-16-38)42-32(46)30-20-28(53-33-29-13-12-27(52-7)19-25(29)14-17-40-33)22-45(30)34(47)31(24(2)18-23)41-36(49)43-37(3,4)5;;;;/h9,11-14,17,19,23-24,26,28,30-31H,8,10,15-16,18,20-22H2,1-7H3,(H,42,46)(H,44,48)(H2,41,43,49);4*1H/b11-9-;;;;/t23-,24-,26-,28-,30+,31+,39-;;;;/m1..../s1. The number of ether oxygens (including phenoxy) is 2. The Morgan fingerprint density at radius 1 is 1.11 bits per heavy atom. The van der Waals surface area contributed by atoms with Gasteiger partial charge in [-0.25, -0.2) is 18.2 Å². The first-order chi connectivity index (χ1) is 25.3. The Morgan fingerprint density at radius 3 is 2.54 bits per heavy atom. The van der Waals surface area contributed by atoms with Gasteiger partial charge in [-0.05, 0) is 108 Å². The number of carbonyl (C=O) groups excluding carboxylic acids is 4. The van der Waals surface area contributed by atoms with Crippen molar-refractivity contribution in [3.8, 4) is 11.6 Å². The number of sulfonamides is 1. The van der Waals surface area contributed by atoms with Crippen molar-refractivity contribution in [2.45, 2.75) is 121 Å². The zero-order valence-corrected chi connectivity index (χ0v) is 33.0. The lowest BCUT2D eigenvalue weighted by molar-refractivity contribution is -0.142. The number of amides is 5. The predicted molar refractivity (Wildman–Crippen MR) is 211 cm³/mol. The van der Waals surface area contributed by atoms with Crippen LogP contribution in [0.4, 0.5) is 4.79 Å². The first-order valence-corrected chi connectivity index (χ1v) is 20.4. The number of nitrogens with one attached hydrogen (secondary N) is 4. The number of pyridine rings is 1. The average Bonchev–Trinajstić information content (AvgIpc) is 3.97. The van der Waals surface area contributed by atoms with Crippen molar-refractivity contribution in [1.82, 2.24) is 30.6 Å². The molecule has 14 nitrogen and oxygen atoms in total. The Kier molecular flexibility index (Phi) is 10.7. The van der Waals surface area contributed by atoms with Crippen LogP contribution in [0.1, 0.15) is 92.2 Å². The first kappa shape index (κ1) is 39.3. The van der Waals surface area contributed by atoms with Gasteiger partial charge in [0.1, 0.15) is 29.5 Å². The van der Waals surface area contributed by atoms with Gasteiger partial charge in [0.05, 0.1) is 18.4 Å². The maximum atomic E-state index is 14.8. The van der Waals surface area contributed by atoms with E-state index in [2.05, 4.69) is 32.6 Å². The van der Waals surface area contributed by atoms with Crippen molar-refractivity contribution in [3.63, 3.8) is 0 Å². The van der Waals surface area contributed by atoms with E-state index in [1.54, 1.807) is 26.3 Å². The Morgan fingerprint density at radius 2 is 1.85 bits per heavy atom. The van der Waals surface area contributed by atoms with Gasteiger partial charge >= 0.3 is 6.03 Å². The highest BCUT2D eigenvalue weighted by Gasteiger charge is 2.63. The summed E-state index contributed by atoms with van der Waals surface area (Å²) in [5, 5.41) is 10.3.